The molecule has 0 spiro atoms. The van der Waals surface area contributed by atoms with E-state index in [0.29, 0.717) is 10.6 Å². The van der Waals surface area contributed by atoms with E-state index in [4.69, 9.17) is 5.73 Å². The van der Waals surface area contributed by atoms with Crippen LogP contribution in [-0.4, -0.2) is 5.91 Å². The minimum atomic E-state index is -0.516. The van der Waals surface area contributed by atoms with Crippen LogP contribution in [0.15, 0.2) is 24.3 Å². The van der Waals surface area contributed by atoms with Crippen LogP contribution in [0, 0.1) is 5.82 Å². The molecule has 1 aromatic heterocycles. The van der Waals surface area contributed by atoms with Crippen molar-refractivity contribution in [3.05, 3.63) is 45.4 Å². The molecular formula is C14H13FN2OS. The number of nitrogen functional groups attached to an aromatic ring is 1. The van der Waals surface area contributed by atoms with Crippen LogP contribution in [0.4, 0.5) is 15.8 Å². The first-order chi connectivity index (χ1) is 9.13. The molecule has 0 radical (unpaired) electrons. The van der Waals surface area contributed by atoms with Gasteiger partial charge in [0.15, 0.2) is 0 Å². The highest BCUT2D eigenvalue weighted by Gasteiger charge is 2.19. The monoisotopic (exact) mass is 276 g/mol. The van der Waals surface area contributed by atoms with Crippen LogP contribution in [-0.2, 0) is 12.8 Å². The molecule has 1 aliphatic rings. The first kappa shape index (κ1) is 12.2. The lowest BCUT2D eigenvalue weighted by molar-refractivity contribution is 0.103. The molecule has 3 nitrogen and oxygen atoms in total. The summed E-state index contributed by atoms with van der Waals surface area (Å²) in [5.74, 6) is -0.777. The Bertz CT molecular complexity index is 629. The maximum Gasteiger partial charge on any atom is 0.265 e. The van der Waals surface area contributed by atoms with E-state index in [1.54, 1.807) is 6.07 Å². The highest BCUT2D eigenvalue weighted by molar-refractivity contribution is 7.14. The summed E-state index contributed by atoms with van der Waals surface area (Å²) in [5.41, 5.74) is 7.22. The molecule has 1 aromatic carbocycles. The second-order valence-electron chi connectivity index (χ2n) is 4.61. The number of carbonyl (C=O) groups excluding carboxylic acids is 1. The fourth-order valence-electron chi connectivity index (χ4n) is 2.26. The molecule has 3 rings (SSSR count). The van der Waals surface area contributed by atoms with Crippen molar-refractivity contribution in [2.24, 2.45) is 0 Å². The highest BCUT2D eigenvalue weighted by Crippen LogP contribution is 2.31. The molecule has 1 heterocycles. The molecule has 2 aromatic rings. The van der Waals surface area contributed by atoms with E-state index in [2.05, 4.69) is 5.32 Å². The van der Waals surface area contributed by atoms with Crippen LogP contribution >= 0.6 is 11.3 Å². The number of hydrogen-bond donors (Lipinski definition) is 2. The summed E-state index contributed by atoms with van der Waals surface area (Å²) in [6.07, 6.45) is 3.24. The van der Waals surface area contributed by atoms with Crippen LogP contribution in [0.3, 0.4) is 0 Å². The van der Waals surface area contributed by atoms with Crippen molar-refractivity contribution < 1.29 is 9.18 Å². The predicted molar refractivity (Wildman–Crippen MR) is 75.1 cm³/mol. The van der Waals surface area contributed by atoms with E-state index in [0.717, 1.165) is 19.3 Å². The largest absolute Gasteiger partial charge is 0.399 e. The lowest BCUT2D eigenvalue weighted by Gasteiger charge is -2.05. The molecule has 1 aliphatic carbocycles. The van der Waals surface area contributed by atoms with E-state index in [-0.39, 0.29) is 11.6 Å². The van der Waals surface area contributed by atoms with E-state index in [1.807, 2.05) is 6.07 Å². The summed E-state index contributed by atoms with van der Waals surface area (Å²) in [4.78, 5) is 14.0. The zero-order valence-electron chi connectivity index (χ0n) is 10.2. The number of halogens is 1. The van der Waals surface area contributed by atoms with Gasteiger partial charge in [-0.05, 0) is 49.1 Å². The fraction of sp³-hybridized carbons (Fsp3) is 0.214. The number of benzene rings is 1. The van der Waals surface area contributed by atoms with Gasteiger partial charge >= 0.3 is 0 Å². The molecule has 98 valence electrons. The lowest BCUT2D eigenvalue weighted by Crippen LogP contribution is -2.11. The Hall–Kier alpha value is -1.88. The van der Waals surface area contributed by atoms with Gasteiger partial charge in [-0.1, -0.05) is 0 Å². The Balaban J connectivity index is 1.80. The Morgan fingerprint density at radius 3 is 2.89 bits per heavy atom. The van der Waals surface area contributed by atoms with Crippen LogP contribution < -0.4 is 11.1 Å². The summed E-state index contributed by atoms with van der Waals surface area (Å²) in [6, 6.07) is 6.15. The van der Waals surface area contributed by atoms with Gasteiger partial charge in [0.25, 0.3) is 5.91 Å². The molecule has 0 atom stereocenters. The van der Waals surface area contributed by atoms with Gasteiger partial charge in [-0.15, -0.1) is 11.3 Å². The number of aryl methyl sites for hydroxylation is 2. The Labute approximate surface area is 114 Å². The maximum absolute atomic E-state index is 13.6. The Morgan fingerprint density at radius 1 is 1.32 bits per heavy atom. The van der Waals surface area contributed by atoms with Crippen molar-refractivity contribution in [2.45, 2.75) is 19.3 Å². The van der Waals surface area contributed by atoms with Crippen molar-refractivity contribution in [3.63, 3.8) is 0 Å². The number of nitrogens with one attached hydrogen (secondary N) is 1. The van der Waals surface area contributed by atoms with Crippen molar-refractivity contribution in [2.75, 3.05) is 11.1 Å². The van der Waals surface area contributed by atoms with Crippen molar-refractivity contribution in [1.82, 2.24) is 0 Å². The number of carbonyl (C=O) groups is 1. The third-order valence-corrected chi connectivity index (χ3v) is 4.45. The van der Waals surface area contributed by atoms with Crippen LogP contribution in [0.25, 0.3) is 0 Å². The van der Waals surface area contributed by atoms with Gasteiger partial charge in [0.05, 0.1) is 10.6 Å². The quantitative estimate of drug-likeness (QED) is 0.827. The molecular weight excluding hydrogens is 263 g/mol. The van der Waals surface area contributed by atoms with Gasteiger partial charge in [-0.2, -0.15) is 0 Å². The summed E-state index contributed by atoms with van der Waals surface area (Å²) in [6.45, 7) is 0. The normalized spacial score (nSPS) is 13.3. The van der Waals surface area contributed by atoms with Gasteiger partial charge < -0.3 is 11.1 Å². The molecule has 0 bridgehead atoms. The minimum Gasteiger partial charge on any atom is -0.399 e. The van der Waals surface area contributed by atoms with Crippen molar-refractivity contribution in [1.29, 1.82) is 0 Å². The van der Waals surface area contributed by atoms with Gasteiger partial charge in [-0.25, -0.2) is 4.39 Å². The topological polar surface area (TPSA) is 55.1 Å². The first-order valence-electron chi connectivity index (χ1n) is 6.11. The molecule has 19 heavy (non-hydrogen) atoms. The summed E-state index contributed by atoms with van der Waals surface area (Å²) in [7, 11) is 0. The molecule has 1 amide bonds. The van der Waals surface area contributed by atoms with Gasteiger partial charge in [0.2, 0.25) is 0 Å². The minimum absolute atomic E-state index is 0.160. The maximum atomic E-state index is 13.6. The third kappa shape index (κ3) is 2.33. The average molecular weight is 276 g/mol. The van der Waals surface area contributed by atoms with E-state index in [9.17, 15) is 9.18 Å². The number of thiophene rings is 1. The molecule has 0 saturated heterocycles. The molecule has 0 unspecified atom stereocenters. The standard InChI is InChI=1S/C14H13FN2OS/c15-10-7-9(16)4-5-11(10)17-14(18)13-6-8-2-1-3-12(8)19-13/h4-7H,1-3,16H2,(H,17,18). The van der Waals surface area contributed by atoms with Crippen LogP contribution in [0.1, 0.15) is 26.5 Å². The molecule has 5 heteroatoms. The Kier molecular flexibility index (Phi) is 2.98. The first-order valence-corrected chi connectivity index (χ1v) is 6.93. The van der Waals surface area contributed by atoms with Crippen molar-refractivity contribution in [3.8, 4) is 0 Å². The number of rotatable bonds is 2. The second kappa shape index (κ2) is 4.66. The van der Waals surface area contributed by atoms with Gasteiger partial charge in [0.1, 0.15) is 5.82 Å². The number of fused-ring (bicyclic) bond motifs is 1. The number of nitrogens with two attached hydrogens (primary N) is 1. The third-order valence-electron chi connectivity index (χ3n) is 3.21. The molecule has 0 fully saturated rings. The SMILES string of the molecule is Nc1ccc(NC(=O)c2cc3c(s2)CCC3)c(F)c1. The van der Waals surface area contributed by atoms with Gasteiger partial charge in [-0.3, -0.25) is 4.79 Å². The van der Waals surface area contributed by atoms with Crippen LogP contribution in [0.5, 0.6) is 0 Å². The fourth-order valence-corrected chi connectivity index (χ4v) is 3.41. The lowest BCUT2D eigenvalue weighted by atomic mass is 10.2. The van der Waals surface area contributed by atoms with E-state index < -0.39 is 5.82 Å². The van der Waals surface area contributed by atoms with E-state index in [1.165, 1.54) is 33.9 Å². The smallest absolute Gasteiger partial charge is 0.265 e. The number of amides is 1. The highest BCUT2D eigenvalue weighted by atomic mass is 32.1. The number of anilines is 2. The average Bonchev–Trinajstić information content (AvgIpc) is 2.93. The van der Waals surface area contributed by atoms with E-state index >= 15 is 0 Å². The summed E-state index contributed by atoms with van der Waals surface area (Å²) >= 11 is 1.50. The summed E-state index contributed by atoms with van der Waals surface area (Å²) < 4.78 is 13.6. The predicted octanol–water partition coefficient (Wildman–Crippen LogP) is 3.21. The second-order valence-corrected chi connectivity index (χ2v) is 5.74. The molecule has 0 aliphatic heterocycles. The number of hydrogen-bond acceptors (Lipinski definition) is 3. The zero-order chi connectivity index (χ0) is 13.4. The van der Waals surface area contributed by atoms with Crippen LogP contribution in [0.2, 0.25) is 0 Å². The Morgan fingerprint density at radius 2 is 2.16 bits per heavy atom. The molecule has 0 saturated carbocycles. The van der Waals surface area contributed by atoms with Gasteiger partial charge in [0, 0.05) is 10.6 Å². The summed E-state index contributed by atoms with van der Waals surface area (Å²) in [5, 5.41) is 2.58. The van der Waals surface area contributed by atoms with Crippen molar-refractivity contribution >= 4 is 28.6 Å². The molecule has 3 N–H and O–H groups in total. The zero-order valence-corrected chi connectivity index (χ0v) is 11.0.